The highest BCUT2D eigenvalue weighted by Gasteiger charge is 2.31. The number of sulfonamides is 1. The van der Waals surface area contributed by atoms with Gasteiger partial charge in [0.1, 0.15) is 16.5 Å². The predicted octanol–water partition coefficient (Wildman–Crippen LogP) is 3.76. The van der Waals surface area contributed by atoms with Gasteiger partial charge in [0.15, 0.2) is 0 Å². The third-order valence-corrected chi connectivity index (χ3v) is 8.27. The van der Waals surface area contributed by atoms with Crippen LogP contribution in [0, 0.1) is 5.82 Å². The van der Waals surface area contributed by atoms with Crippen molar-refractivity contribution in [2.45, 2.75) is 16.6 Å². The first-order valence-corrected chi connectivity index (χ1v) is 10.9. The number of rotatable bonds is 4. The van der Waals surface area contributed by atoms with Crippen molar-refractivity contribution < 1.29 is 17.5 Å². The highest BCUT2D eigenvalue weighted by Crippen LogP contribution is 2.38. The number of thioether (sulfide) groups is 1. The number of hydrogen-bond donors (Lipinski definition) is 0. The lowest BCUT2D eigenvalue weighted by atomic mass is 10.2. The average Bonchev–Trinajstić information content (AvgIpc) is 2.98. The van der Waals surface area contributed by atoms with Crippen LogP contribution in [0.4, 0.5) is 4.39 Å². The molecule has 1 saturated heterocycles. The fourth-order valence-corrected chi connectivity index (χ4v) is 6.66. The van der Waals surface area contributed by atoms with Crippen LogP contribution < -0.4 is 4.74 Å². The summed E-state index contributed by atoms with van der Waals surface area (Å²) in [5.74, 6) is 0.289. The molecular weight excluding hydrogens is 369 g/mol. The van der Waals surface area contributed by atoms with Gasteiger partial charge in [-0.25, -0.2) is 12.8 Å². The van der Waals surface area contributed by atoms with Gasteiger partial charge in [-0.2, -0.15) is 16.1 Å². The Balaban J connectivity index is 1.84. The minimum Gasteiger partial charge on any atom is -0.495 e. The van der Waals surface area contributed by atoms with Gasteiger partial charge in [0.05, 0.1) is 7.11 Å². The smallest absolute Gasteiger partial charge is 0.246 e. The summed E-state index contributed by atoms with van der Waals surface area (Å²) in [6.07, 6.45) is 0.738. The van der Waals surface area contributed by atoms with Crippen LogP contribution in [0.1, 0.15) is 16.5 Å². The van der Waals surface area contributed by atoms with E-state index < -0.39 is 15.8 Å². The van der Waals surface area contributed by atoms with Gasteiger partial charge in [0.2, 0.25) is 10.0 Å². The molecule has 0 saturated carbocycles. The summed E-state index contributed by atoms with van der Waals surface area (Å²) in [5, 5.41) is 2.34. The second kappa shape index (κ2) is 7.43. The lowest BCUT2D eigenvalue weighted by Gasteiger charge is -2.21. The molecule has 4 nitrogen and oxygen atoms in total. The quantitative estimate of drug-likeness (QED) is 0.801. The van der Waals surface area contributed by atoms with E-state index in [1.165, 1.54) is 28.4 Å². The van der Waals surface area contributed by atoms with E-state index in [2.05, 4.69) is 6.07 Å². The van der Waals surface area contributed by atoms with Gasteiger partial charge in [0, 0.05) is 29.0 Å². The fraction of sp³-hybridized carbons (Fsp3) is 0.375. The molecule has 8 heteroatoms. The van der Waals surface area contributed by atoms with Crippen LogP contribution in [-0.2, 0) is 10.0 Å². The maximum absolute atomic E-state index is 13.6. The Morgan fingerprint density at radius 3 is 2.83 bits per heavy atom. The Hall–Kier alpha value is -1.09. The maximum atomic E-state index is 13.6. The zero-order chi connectivity index (χ0) is 17.2. The van der Waals surface area contributed by atoms with Crippen molar-refractivity contribution in [1.82, 2.24) is 4.31 Å². The summed E-state index contributed by atoms with van der Waals surface area (Å²) >= 11 is 3.46. The molecule has 0 N–H and O–H groups in total. The monoisotopic (exact) mass is 387 g/mol. The normalized spacial score (nSPS) is 19.8. The van der Waals surface area contributed by atoms with Crippen LogP contribution in [0.25, 0.3) is 0 Å². The first-order valence-electron chi connectivity index (χ1n) is 7.51. The summed E-state index contributed by atoms with van der Waals surface area (Å²) in [6.45, 7) is 0.826. The maximum Gasteiger partial charge on any atom is 0.246 e. The Morgan fingerprint density at radius 1 is 1.29 bits per heavy atom. The van der Waals surface area contributed by atoms with E-state index in [0.29, 0.717) is 24.1 Å². The van der Waals surface area contributed by atoms with Gasteiger partial charge < -0.3 is 4.74 Å². The van der Waals surface area contributed by atoms with Crippen molar-refractivity contribution in [3.8, 4) is 5.75 Å². The number of halogens is 1. The molecule has 3 rings (SSSR count). The molecule has 0 radical (unpaired) electrons. The number of hydrogen-bond acceptors (Lipinski definition) is 5. The van der Waals surface area contributed by atoms with Gasteiger partial charge in [-0.15, -0.1) is 11.3 Å². The van der Waals surface area contributed by atoms with Gasteiger partial charge >= 0.3 is 0 Å². The van der Waals surface area contributed by atoms with Crippen molar-refractivity contribution in [2.75, 3.05) is 26.0 Å². The molecule has 24 heavy (non-hydrogen) atoms. The van der Waals surface area contributed by atoms with E-state index in [9.17, 15) is 12.8 Å². The summed E-state index contributed by atoms with van der Waals surface area (Å²) in [5.41, 5.74) is 0. The number of nitrogens with zero attached hydrogens (tertiary/aromatic N) is 1. The van der Waals surface area contributed by atoms with Crippen LogP contribution in [-0.4, -0.2) is 38.7 Å². The molecule has 0 aliphatic carbocycles. The second-order valence-corrected chi connectivity index (χ2v) is 9.56. The topological polar surface area (TPSA) is 46.6 Å². The molecule has 2 aromatic rings. The molecule has 1 aromatic carbocycles. The van der Waals surface area contributed by atoms with Crippen LogP contribution >= 0.6 is 23.1 Å². The summed E-state index contributed by atoms with van der Waals surface area (Å²) in [4.78, 5) is 1.16. The Bertz CT molecular complexity index is 793. The first kappa shape index (κ1) is 17.7. The number of ether oxygens (including phenoxy) is 1. The van der Waals surface area contributed by atoms with E-state index in [0.717, 1.165) is 12.5 Å². The van der Waals surface area contributed by atoms with E-state index in [-0.39, 0.29) is 10.6 Å². The van der Waals surface area contributed by atoms with Crippen molar-refractivity contribution in [1.29, 1.82) is 0 Å². The Morgan fingerprint density at radius 2 is 2.12 bits per heavy atom. The molecule has 2 heterocycles. The molecule has 1 atom stereocenters. The van der Waals surface area contributed by atoms with Crippen molar-refractivity contribution in [3.05, 3.63) is 46.4 Å². The van der Waals surface area contributed by atoms with E-state index >= 15 is 0 Å². The minimum atomic E-state index is -3.78. The molecule has 1 aliphatic heterocycles. The molecule has 130 valence electrons. The molecule has 1 aliphatic rings. The SMILES string of the molecule is COc1ccc(F)cc1S(=O)(=O)N1CCS[C@@H](c2cccs2)CC1. The highest BCUT2D eigenvalue weighted by molar-refractivity contribution is 7.99. The first-order chi connectivity index (χ1) is 11.5. The van der Waals surface area contributed by atoms with Crippen LogP contribution in [0.5, 0.6) is 5.75 Å². The number of methoxy groups -OCH3 is 1. The number of benzene rings is 1. The number of thiophene rings is 1. The molecule has 0 bridgehead atoms. The zero-order valence-corrected chi connectivity index (χ0v) is 15.6. The fourth-order valence-electron chi connectivity index (χ4n) is 2.68. The lowest BCUT2D eigenvalue weighted by Crippen LogP contribution is -2.33. The molecular formula is C16H18FNO3S3. The van der Waals surface area contributed by atoms with Gasteiger partial charge in [-0.1, -0.05) is 6.07 Å². The third-order valence-electron chi connectivity index (χ3n) is 3.90. The average molecular weight is 388 g/mol. The highest BCUT2D eigenvalue weighted by atomic mass is 32.2. The second-order valence-electron chi connectivity index (χ2n) is 5.36. The van der Waals surface area contributed by atoms with Gasteiger partial charge in [-0.05, 0) is 36.1 Å². The predicted molar refractivity (Wildman–Crippen MR) is 95.8 cm³/mol. The summed E-state index contributed by atoms with van der Waals surface area (Å²) in [7, 11) is -2.40. The van der Waals surface area contributed by atoms with Gasteiger partial charge in [0.25, 0.3) is 0 Å². The molecule has 0 spiro atoms. The summed E-state index contributed by atoms with van der Waals surface area (Å²) < 4.78 is 46.0. The summed E-state index contributed by atoms with van der Waals surface area (Å²) in [6, 6.07) is 7.68. The zero-order valence-electron chi connectivity index (χ0n) is 13.1. The molecule has 1 fully saturated rings. The van der Waals surface area contributed by atoms with E-state index in [1.54, 1.807) is 23.1 Å². The van der Waals surface area contributed by atoms with Crippen molar-refractivity contribution in [3.63, 3.8) is 0 Å². The standard InChI is InChI=1S/C16H18FNO3S3/c1-21-13-5-4-12(17)11-16(13)24(19,20)18-7-6-15(23-10-8-18)14-3-2-9-22-14/h2-5,9,11,15H,6-8,10H2,1H3/t15-/m1/s1. The minimum absolute atomic E-state index is 0.107. The van der Waals surface area contributed by atoms with Gasteiger partial charge in [-0.3, -0.25) is 0 Å². The Kier molecular flexibility index (Phi) is 5.49. The third kappa shape index (κ3) is 3.61. The van der Waals surface area contributed by atoms with Crippen LogP contribution in [0.2, 0.25) is 0 Å². The largest absolute Gasteiger partial charge is 0.495 e. The van der Waals surface area contributed by atoms with E-state index in [1.807, 2.05) is 11.4 Å². The molecule has 0 amide bonds. The van der Waals surface area contributed by atoms with Crippen molar-refractivity contribution in [2.24, 2.45) is 0 Å². The van der Waals surface area contributed by atoms with Crippen LogP contribution in [0.15, 0.2) is 40.6 Å². The van der Waals surface area contributed by atoms with Crippen LogP contribution in [0.3, 0.4) is 0 Å². The lowest BCUT2D eigenvalue weighted by molar-refractivity contribution is 0.391. The van der Waals surface area contributed by atoms with E-state index in [4.69, 9.17) is 4.74 Å². The van der Waals surface area contributed by atoms with Crippen molar-refractivity contribution >= 4 is 33.1 Å². The molecule has 1 aromatic heterocycles. The Labute approximate surface area is 149 Å². The molecule has 0 unspecified atom stereocenters.